The number of aliphatic hydroxyl groups excluding tert-OH is 1. The van der Waals surface area contributed by atoms with Crippen LogP contribution in [0.15, 0.2) is 0 Å². The first-order valence-corrected chi connectivity index (χ1v) is 12.1. The van der Waals surface area contributed by atoms with E-state index in [1.54, 1.807) is 0 Å². The molecule has 0 spiro atoms. The van der Waals surface area contributed by atoms with Gasteiger partial charge in [-0.3, -0.25) is 0 Å². The standard InChI is InChI=1S/C20H42O4S.K/c1-2-3-4-5-8-11-14-17-20(21)18-15-12-9-6-7-10-13-16-19-25(22,23)24;/h20-21H,2-19H2,1H3,(H,22,23,24);/q;+1/p-1. The minimum absolute atomic E-state index is 0. The molecule has 0 bridgehead atoms. The average Bonchev–Trinajstić information content (AvgIpc) is 2.54. The van der Waals surface area contributed by atoms with Gasteiger partial charge in [0.2, 0.25) is 0 Å². The molecule has 152 valence electrons. The Balaban J connectivity index is 0. The zero-order valence-corrected chi connectivity index (χ0v) is 21.3. The molecule has 0 aromatic heterocycles. The smallest absolute Gasteiger partial charge is 0.748 e. The molecule has 0 amide bonds. The van der Waals surface area contributed by atoms with E-state index in [2.05, 4.69) is 6.92 Å². The molecule has 1 unspecified atom stereocenters. The summed E-state index contributed by atoms with van der Waals surface area (Å²) in [6.07, 6.45) is 18.9. The van der Waals surface area contributed by atoms with Crippen molar-refractivity contribution in [2.75, 3.05) is 5.75 Å². The topological polar surface area (TPSA) is 77.4 Å². The maximum Gasteiger partial charge on any atom is 1.00 e. The van der Waals surface area contributed by atoms with Crippen LogP contribution in [0.2, 0.25) is 0 Å². The van der Waals surface area contributed by atoms with E-state index >= 15 is 0 Å². The van der Waals surface area contributed by atoms with Gasteiger partial charge in [0.05, 0.1) is 16.2 Å². The van der Waals surface area contributed by atoms with Crippen LogP contribution < -0.4 is 51.4 Å². The van der Waals surface area contributed by atoms with Gasteiger partial charge < -0.3 is 9.66 Å². The Bertz CT molecular complexity index is 374. The van der Waals surface area contributed by atoms with Crippen LogP contribution in [-0.4, -0.2) is 29.9 Å². The molecule has 0 aromatic carbocycles. The Morgan fingerprint density at radius 3 is 1.42 bits per heavy atom. The van der Waals surface area contributed by atoms with Gasteiger partial charge in [0.1, 0.15) is 0 Å². The van der Waals surface area contributed by atoms with Crippen LogP contribution in [-0.2, 0) is 10.1 Å². The zero-order chi connectivity index (χ0) is 18.8. The van der Waals surface area contributed by atoms with Gasteiger partial charge in [-0.05, 0) is 19.3 Å². The van der Waals surface area contributed by atoms with Crippen LogP contribution in [0.3, 0.4) is 0 Å². The molecule has 6 heteroatoms. The fourth-order valence-electron chi connectivity index (χ4n) is 3.20. The molecule has 0 saturated carbocycles. The van der Waals surface area contributed by atoms with E-state index in [0.717, 1.165) is 51.4 Å². The number of unbranched alkanes of at least 4 members (excludes halogenated alkanes) is 13. The molecular weight excluding hydrogens is 375 g/mol. The summed E-state index contributed by atoms with van der Waals surface area (Å²) < 4.78 is 31.4. The zero-order valence-electron chi connectivity index (χ0n) is 17.4. The first-order valence-electron chi connectivity index (χ1n) is 10.6. The fraction of sp³-hybridized carbons (Fsp3) is 1.00. The predicted octanol–water partition coefficient (Wildman–Crippen LogP) is 2.55. The van der Waals surface area contributed by atoms with Crippen molar-refractivity contribution >= 4 is 10.1 Å². The number of hydrogen-bond acceptors (Lipinski definition) is 4. The van der Waals surface area contributed by atoms with E-state index in [1.165, 1.54) is 51.4 Å². The summed E-state index contributed by atoms with van der Waals surface area (Å²) >= 11 is 0. The molecule has 0 rings (SSSR count). The van der Waals surface area contributed by atoms with Gasteiger partial charge in [-0.25, -0.2) is 8.42 Å². The van der Waals surface area contributed by atoms with Crippen LogP contribution in [0.1, 0.15) is 116 Å². The summed E-state index contributed by atoms with van der Waals surface area (Å²) in [7, 11) is -4.02. The van der Waals surface area contributed by atoms with Crippen molar-refractivity contribution in [3.63, 3.8) is 0 Å². The molecule has 0 aliphatic carbocycles. The molecule has 0 radical (unpaired) electrons. The average molecular weight is 417 g/mol. The molecule has 0 aliphatic rings. The minimum atomic E-state index is -4.02. The fourth-order valence-corrected chi connectivity index (χ4v) is 3.76. The third-order valence-electron chi connectivity index (χ3n) is 4.82. The van der Waals surface area contributed by atoms with Crippen molar-refractivity contribution < 1.29 is 69.5 Å². The first-order chi connectivity index (χ1) is 12.0. The van der Waals surface area contributed by atoms with Crippen molar-refractivity contribution in [3.05, 3.63) is 0 Å². The van der Waals surface area contributed by atoms with E-state index in [-0.39, 0.29) is 63.2 Å². The van der Waals surface area contributed by atoms with Crippen molar-refractivity contribution in [1.29, 1.82) is 0 Å². The number of rotatable bonds is 19. The van der Waals surface area contributed by atoms with Crippen LogP contribution >= 0.6 is 0 Å². The molecule has 26 heavy (non-hydrogen) atoms. The third-order valence-corrected chi connectivity index (χ3v) is 5.61. The summed E-state index contributed by atoms with van der Waals surface area (Å²) in [6, 6.07) is 0. The van der Waals surface area contributed by atoms with Crippen molar-refractivity contribution in [2.45, 2.75) is 122 Å². The number of aliphatic hydroxyl groups is 1. The molecule has 0 saturated heterocycles. The molecule has 1 atom stereocenters. The molecular formula is C20H41KO4S. The second-order valence-electron chi connectivity index (χ2n) is 7.44. The maximum atomic E-state index is 10.5. The Morgan fingerprint density at radius 2 is 1.04 bits per heavy atom. The van der Waals surface area contributed by atoms with Crippen LogP contribution in [0.25, 0.3) is 0 Å². The Morgan fingerprint density at radius 1 is 0.692 bits per heavy atom. The van der Waals surface area contributed by atoms with E-state index in [9.17, 15) is 18.1 Å². The van der Waals surface area contributed by atoms with Crippen molar-refractivity contribution in [1.82, 2.24) is 0 Å². The van der Waals surface area contributed by atoms with Gasteiger partial charge in [0.25, 0.3) is 0 Å². The van der Waals surface area contributed by atoms with E-state index in [0.29, 0.717) is 6.42 Å². The second kappa shape index (κ2) is 21.2. The number of hydrogen-bond donors (Lipinski definition) is 1. The molecule has 0 heterocycles. The molecule has 0 aliphatic heterocycles. The molecule has 4 nitrogen and oxygen atoms in total. The van der Waals surface area contributed by atoms with Gasteiger partial charge in [-0.1, -0.05) is 96.8 Å². The van der Waals surface area contributed by atoms with Crippen LogP contribution in [0.4, 0.5) is 0 Å². The second-order valence-corrected chi connectivity index (χ2v) is 8.97. The summed E-state index contributed by atoms with van der Waals surface area (Å²) in [5, 5.41) is 9.98. The molecule has 1 N–H and O–H groups in total. The quantitative estimate of drug-likeness (QED) is 0.199. The van der Waals surface area contributed by atoms with Gasteiger partial charge >= 0.3 is 51.4 Å². The Labute approximate surface area is 205 Å². The molecule has 0 fully saturated rings. The van der Waals surface area contributed by atoms with E-state index in [1.807, 2.05) is 0 Å². The Hall–Kier alpha value is 1.51. The summed E-state index contributed by atoms with van der Waals surface area (Å²) in [6.45, 7) is 2.24. The van der Waals surface area contributed by atoms with Crippen LogP contribution in [0.5, 0.6) is 0 Å². The van der Waals surface area contributed by atoms with Gasteiger partial charge in [0.15, 0.2) is 0 Å². The summed E-state index contributed by atoms with van der Waals surface area (Å²) in [5.41, 5.74) is 0. The van der Waals surface area contributed by atoms with Gasteiger partial charge in [-0.15, -0.1) is 0 Å². The monoisotopic (exact) mass is 416 g/mol. The van der Waals surface area contributed by atoms with Gasteiger partial charge in [-0.2, -0.15) is 0 Å². The van der Waals surface area contributed by atoms with E-state index in [4.69, 9.17) is 0 Å². The third kappa shape index (κ3) is 25.5. The maximum absolute atomic E-state index is 10.5. The Kier molecular flexibility index (Phi) is 24.2. The predicted molar refractivity (Wildman–Crippen MR) is 105 cm³/mol. The van der Waals surface area contributed by atoms with Gasteiger partial charge in [0, 0.05) is 5.75 Å². The SMILES string of the molecule is CCCCCCCCCC(O)CCCCCCCCCCS(=O)(=O)[O-].[K+]. The normalized spacial score (nSPS) is 12.7. The molecule has 0 aromatic rings. The largest absolute Gasteiger partial charge is 1.00 e. The first kappa shape index (κ1) is 29.7. The van der Waals surface area contributed by atoms with E-state index < -0.39 is 10.1 Å². The summed E-state index contributed by atoms with van der Waals surface area (Å²) in [4.78, 5) is 0. The minimum Gasteiger partial charge on any atom is -0.748 e. The van der Waals surface area contributed by atoms with Crippen molar-refractivity contribution in [2.24, 2.45) is 0 Å². The van der Waals surface area contributed by atoms with Crippen LogP contribution in [0, 0.1) is 0 Å². The summed E-state index contributed by atoms with van der Waals surface area (Å²) in [5.74, 6) is -0.219. The van der Waals surface area contributed by atoms with Crippen molar-refractivity contribution in [3.8, 4) is 0 Å².